The standard InChI is InChI=1S/C14H19N3OS/c1-14(2,3)11(15)12-16-13(18-17-12)9-7-5-6-8-10(9)19-4/h5-8,11H,15H2,1-4H3. The molecule has 0 aliphatic heterocycles. The van der Waals surface area contributed by atoms with E-state index in [2.05, 4.69) is 30.9 Å². The van der Waals surface area contributed by atoms with E-state index < -0.39 is 0 Å². The highest BCUT2D eigenvalue weighted by Crippen LogP contribution is 2.32. The maximum absolute atomic E-state index is 6.14. The zero-order valence-corrected chi connectivity index (χ0v) is 12.5. The lowest BCUT2D eigenvalue weighted by Gasteiger charge is -2.23. The number of hydrogen-bond donors (Lipinski definition) is 1. The Morgan fingerprint density at radius 2 is 1.95 bits per heavy atom. The van der Waals surface area contributed by atoms with Gasteiger partial charge in [0.1, 0.15) is 0 Å². The van der Waals surface area contributed by atoms with Gasteiger partial charge in [-0.05, 0) is 23.8 Å². The van der Waals surface area contributed by atoms with Crippen molar-refractivity contribution < 1.29 is 4.52 Å². The first-order valence-corrected chi connectivity index (χ1v) is 7.38. The van der Waals surface area contributed by atoms with Gasteiger partial charge in [-0.1, -0.05) is 38.1 Å². The minimum Gasteiger partial charge on any atom is -0.334 e. The van der Waals surface area contributed by atoms with Gasteiger partial charge in [0.15, 0.2) is 5.82 Å². The van der Waals surface area contributed by atoms with Gasteiger partial charge in [-0.2, -0.15) is 4.98 Å². The Labute approximate surface area is 117 Å². The fourth-order valence-electron chi connectivity index (χ4n) is 1.68. The van der Waals surface area contributed by atoms with Crippen LogP contribution in [0, 0.1) is 5.41 Å². The first-order chi connectivity index (χ1) is 8.93. The van der Waals surface area contributed by atoms with Gasteiger partial charge in [0.2, 0.25) is 0 Å². The minimum absolute atomic E-state index is 0.0971. The van der Waals surface area contributed by atoms with Crippen LogP contribution in [0.25, 0.3) is 11.5 Å². The van der Waals surface area contributed by atoms with Gasteiger partial charge in [-0.25, -0.2) is 0 Å². The van der Waals surface area contributed by atoms with Gasteiger partial charge in [0, 0.05) is 4.90 Å². The summed E-state index contributed by atoms with van der Waals surface area (Å²) in [7, 11) is 0. The van der Waals surface area contributed by atoms with Crippen LogP contribution in [0.4, 0.5) is 0 Å². The zero-order valence-electron chi connectivity index (χ0n) is 11.7. The van der Waals surface area contributed by atoms with Crippen molar-refractivity contribution in [3.63, 3.8) is 0 Å². The van der Waals surface area contributed by atoms with Crippen LogP contribution in [-0.2, 0) is 0 Å². The van der Waals surface area contributed by atoms with Crippen LogP contribution >= 0.6 is 11.8 Å². The Bertz CT molecular complexity index is 560. The van der Waals surface area contributed by atoms with Gasteiger partial charge in [0.25, 0.3) is 5.89 Å². The molecule has 1 unspecified atom stereocenters. The third-order valence-electron chi connectivity index (χ3n) is 2.99. The molecule has 2 aromatic rings. The molecule has 0 amide bonds. The summed E-state index contributed by atoms with van der Waals surface area (Å²) in [6.07, 6.45) is 2.02. The van der Waals surface area contributed by atoms with Crippen LogP contribution in [0.1, 0.15) is 32.6 Å². The normalized spacial score (nSPS) is 13.5. The van der Waals surface area contributed by atoms with E-state index in [0.717, 1.165) is 10.5 Å². The molecule has 0 spiro atoms. The number of aromatic nitrogens is 2. The van der Waals surface area contributed by atoms with Gasteiger partial charge in [0.05, 0.1) is 11.6 Å². The second-order valence-corrected chi connectivity index (χ2v) is 6.35. The van der Waals surface area contributed by atoms with Gasteiger partial charge < -0.3 is 10.3 Å². The van der Waals surface area contributed by atoms with E-state index in [9.17, 15) is 0 Å². The summed E-state index contributed by atoms with van der Waals surface area (Å²) in [6.45, 7) is 6.18. The quantitative estimate of drug-likeness (QED) is 0.870. The molecule has 4 nitrogen and oxygen atoms in total. The molecule has 0 fully saturated rings. The second-order valence-electron chi connectivity index (χ2n) is 5.50. The molecule has 1 aromatic heterocycles. The number of hydrogen-bond acceptors (Lipinski definition) is 5. The summed E-state index contributed by atoms with van der Waals surface area (Å²) in [6, 6.07) is 7.72. The predicted molar refractivity (Wildman–Crippen MR) is 77.9 cm³/mol. The summed E-state index contributed by atoms with van der Waals surface area (Å²) >= 11 is 1.65. The molecule has 1 aromatic carbocycles. The van der Waals surface area contributed by atoms with Crippen molar-refractivity contribution in [2.75, 3.05) is 6.26 Å². The molecule has 0 radical (unpaired) electrons. The lowest BCUT2D eigenvalue weighted by molar-refractivity contribution is 0.303. The van der Waals surface area contributed by atoms with Crippen molar-refractivity contribution in [1.82, 2.24) is 10.1 Å². The molecule has 0 aliphatic rings. The smallest absolute Gasteiger partial charge is 0.259 e. The monoisotopic (exact) mass is 277 g/mol. The van der Waals surface area contributed by atoms with E-state index in [-0.39, 0.29) is 11.5 Å². The summed E-state index contributed by atoms with van der Waals surface area (Å²) in [4.78, 5) is 5.55. The van der Waals surface area contributed by atoms with E-state index in [0.29, 0.717) is 11.7 Å². The Morgan fingerprint density at radius 3 is 2.58 bits per heavy atom. The topological polar surface area (TPSA) is 64.9 Å². The highest BCUT2D eigenvalue weighted by atomic mass is 32.2. The van der Waals surface area contributed by atoms with E-state index in [1.165, 1.54) is 0 Å². The van der Waals surface area contributed by atoms with Gasteiger partial charge >= 0.3 is 0 Å². The van der Waals surface area contributed by atoms with Crippen LogP contribution < -0.4 is 5.73 Å². The molecular weight excluding hydrogens is 258 g/mol. The lowest BCUT2D eigenvalue weighted by atomic mass is 9.87. The minimum atomic E-state index is -0.244. The van der Waals surface area contributed by atoms with Gasteiger partial charge in [-0.15, -0.1) is 11.8 Å². The summed E-state index contributed by atoms with van der Waals surface area (Å²) in [5.41, 5.74) is 7.00. The van der Waals surface area contributed by atoms with E-state index in [1.54, 1.807) is 11.8 Å². The maximum Gasteiger partial charge on any atom is 0.259 e. The second kappa shape index (κ2) is 5.35. The van der Waals surface area contributed by atoms with Gasteiger partial charge in [-0.3, -0.25) is 0 Å². The van der Waals surface area contributed by atoms with Crippen molar-refractivity contribution in [1.29, 1.82) is 0 Å². The largest absolute Gasteiger partial charge is 0.334 e. The molecule has 0 saturated heterocycles. The fourth-order valence-corrected chi connectivity index (χ4v) is 2.27. The van der Waals surface area contributed by atoms with Crippen LogP contribution in [0.15, 0.2) is 33.7 Å². The van der Waals surface area contributed by atoms with E-state index in [4.69, 9.17) is 10.3 Å². The van der Waals surface area contributed by atoms with Crippen LogP contribution in [0.2, 0.25) is 0 Å². The highest BCUT2D eigenvalue weighted by molar-refractivity contribution is 7.98. The molecule has 5 heteroatoms. The average Bonchev–Trinajstić information content (AvgIpc) is 2.86. The molecule has 0 aliphatic carbocycles. The zero-order chi connectivity index (χ0) is 14.0. The number of rotatable bonds is 3. The van der Waals surface area contributed by atoms with Crippen molar-refractivity contribution in [3.05, 3.63) is 30.1 Å². The van der Waals surface area contributed by atoms with E-state index in [1.807, 2.05) is 30.5 Å². The first kappa shape index (κ1) is 14.1. The van der Waals surface area contributed by atoms with Crippen molar-refractivity contribution in [2.45, 2.75) is 31.7 Å². The summed E-state index contributed by atoms with van der Waals surface area (Å²) in [5.74, 6) is 1.08. The molecule has 102 valence electrons. The third-order valence-corrected chi connectivity index (χ3v) is 3.79. The molecule has 19 heavy (non-hydrogen) atoms. The molecule has 2 rings (SSSR count). The van der Waals surface area contributed by atoms with Crippen molar-refractivity contribution in [3.8, 4) is 11.5 Å². The summed E-state index contributed by atoms with van der Waals surface area (Å²) < 4.78 is 5.36. The first-order valence-electron chi connectivity index (χ1n) is 6.16. The lowest BCUT2D eigenvalue weighted by Crippen LogP contribution is -2.27. The number of nitrogens with zero attached hydrogens (tertiary/aromatic N) is 2. The van der Waals surface area contributed by atoms with Crippen LogP contribution in [-0.4, -0.2) is 16.4 Å². The predicted octanol–water partition coefficient (Wildman–Crippen LogP) is 3.50. The van der Waals surface area contributed by atoms with Crippen LogP contribution in [0.5, 0.6) is 0 Å². The average molecular weight is 277 g/mol. The molecule has 2 N–H and O–H groups in total. The maximum atomic E-state index is 6.14. The third kappa shape index (κ3) is 2.98. The highest BCUT2D eigenvalue weighted by Gasteiger charge is 2.27. The van der Waals surface area contributed by atoms with E-state index >= 15 is 0 Å². The Morgan fingerprint density at radius 1 is 1.26 bits per heavy atom. The number of thioether (sulfide) groups is 1. The van der Waals surface area contributed by atoms with Crippen molar-refractivity contribution >= 4 is 11.8 Å². The summed E-state index contributed by atoms with van der Waals surface area (Å²) in [5, 5.41) is 4.01. The molecule has 1 heterocycles. The Balaban J connectivity index is 2.36. The Kier molecular flexibility index (Phi) is 3.96. The molecular formula is C14H19N3OS. The number of benzene rings is 1. The van der Waals surface area contributed by atoms with Crippen LogP contribution in [0.3, 0.4) is 0 Å². The molecule has 0 saturated carbocycles. The number of nitrogens with two attached hydrogens (primary N) is 1. The fraction of sp³-hybridized carbons (Fsp3) is 0.429. The molecule has 0 bridgehead atoms. The van der Waals surface area contributed by atoms with Crippen molar-refractivity contribution in [2.24, 2.45) is 11.1 Å². The SMILES string of the molecule is CSc1ccccc1-c1nc(C(N)C(C)(C)C)no1. The molecule has 1 atom stereocenters. The Hall–Kier alpha value is -1.33.